The average Bonchev–Trinajstić information content (AvgIpc) is 2.53. The Hall–Kier alpha value is -1.20. The van der Waals surface area contributed by atoms with Crippen LogP contribution in [0, 0.1) is 11.3 Å². The molecule has 56 valence electrons. The predicted molar refractivity (Wildman–Crippen MR) is 42.8 cm³/mol. The third-order valence-corrected chi connectivity index (χ3v) is 1.70. The quantitative estimate of drug-likeness (QED) is 0.603. The zero-order valence-corrected chi connectivity index (χ0v) is 6.72. The molecule has 0 bridgehead atoms. The fraction of sp³-hybridized carbons (Fsp3) is 0.125. The number of nitrogens with zero attached hydrogens (tertiary/aromatic N) is 1. The number of hydrogen-bond acceptors (Lipinski definition) is 2. The van der Waals surface area contributed by atoms with Gasteiger partial charge >= 0.3 is 0 Å². The minimum atomic E-state index is 0.373. The zero-order chi connectivity index (χ0) is 8.27. The molecule has 2 nitrogen and oxygen atoms in total. The minimum Gasteiger partial charge on any atom is -0.463 e. The lowest BCUT2D eigenvalue weighted by atomic mass is 10.3. The number of furan rings is 1. The molecule has 0 saturated heterocycles. The summed E-state index contributed by atoms with van der Waals surface area (Å²) in [5.41, 5.74) is 0.460. The van der Waals surface area contributed by atoms with Crippen LogP contribution in [0.5, 0.6) is 0 Å². The van der Waals surface area contributed by atoms with Gasteiger partial charge in [-0.3, -0.25) is 0 Å². The highest BCUT2D eigenvalue weighted by Crippen LogP contribution is 2.22. The van der Waals surface area contributed by atoms with Gasteiger partial charge in [0, 0.05) is 5.57 Å². The molecule has 0 saturated carbocycles. The minimum absolute atomic E-state index is 0.373. The first kappa shape index (κ1) is 7.90. The predicted octanol–water partition coefficient (Wildman–Crippen LogP) is 2.77. The molecular weight excluding hydrogens is 162 g/mol. The van der Waals surface area contributed by atoms with Gasteiger partial charge in [-0.05, 0) is 19.1 Å². The van der Waals surface area contributed by atoms with Crippen molar-refractivity contribution in [2.45, 2.75) is 6.92 Å². The average molecular weight is 168 g/mol. The Morgan fingerprint density at radius 1 is 1.73 bits per heavy atom. The molecule has 0 aliphatic carbocycles. The maximum atomic E-state index is 8.47. The maximum absolute atomic E-state index is 8.47. The van der Waals surface area contributed by atoms with Crippen LogP contribution in [0.1, 0.15) is 12.7 Å². The van der Waals surface area contributed by atoms with Crippen LogP contribution in [0.3, 0.4) is 0 Å². The van der Waals surface area contributed by atoms with Crippen LogP contribution < -0.4 is 0 Å². The molecule has 0 fully saturated rings. The highest BCUT2D eigenvalue weighted by Gasteiger charge is 2.03. The Labute approximate surface area is 69.7 Å². The van der Waals surface area contributed by atoms with E-state index in [4.69, 9.17) is 21.3 Å². The lowest BCUT2D eigenvalue weighted by Crippen LogP contribution is -1.75. The molecule has 0 spiro atoms. The molecule has 0 atom stereocenters. The fourth-order valence-corrected chi connectivity index (χ4v) is 0.787. The number of nitriles is 1. The van der Waals surface area contributed by atoms with E-state index in [9.17, 15) is 0 Å². The van der Waals surface area contributed by atoms with Crippen molar-refractivity contribution >= 4 is 16.6 Å². The van der Waals surface area contributed by atoms with E-state index in [-0.39, 0.29) is 0 Å². The van der Waals surface area contributed by atoms with Gasteiger partial charge in [-0.2, -0.15) is 5.26 Å². The van der Waals surface area contributed by atoms with Crippen LogP contribution in [0.15, 0.2) is 28.4 Å². The first-order valence-electron chi connectivity index (χ1n) is 3.06. The van der Waals surface area contributed by atoms with Crippen LogP contribution in [0.4, 0.5) is 0 Å². The molecule has 0 aliphatic rings. The van der Waals surface area contributed by atoms with Crippen LogP contribution in [-0.4, -0.2) is 0 Å². The number of rotatable bonds is 1. The Balaban J connectivity index is 3.05. The smallest absolute Gasteiger partial charge is 0.146 e. The lowest BCUT2D eigenvalue weighted by Gasteiger charge is -1.92. The summed E-state index contributed by atoms with van der Waals surface area (Å²) in [7, 11) is 0. The van der Waals surface area contributed by atoms with Gasteiger partial charge in [0.2, 0.25) is 0 Å². The summed E-state index contributed by atoms with van der Waals surface area (Å²) < 4.78 is 4.98. The van der Waals surface area contributed by atoms with Crippen LogP contribution in [0.2, 0.25) is 0 Å². The molecule has 0 aromatic carbocycles. The lowest BCUT2D eigenvalue weighted by molar-refractivity contribution is 0.555. The number of halogens is 1. The Morgan fingerprint density at radius 3 is 2.91 bits per heavy atom. The second-order valence-corrected chi connectivity index (χ2v) is 2.41. The number of hydrogen-bond donors (Lipinski definition) is 0. The molecule has 0 aliphatic heterocycles. The SMILES string of the molecule is C/C(C#N)=C(/Cl)c1ccco1. The van der Waals surface area contributed by atoms with E-state index < -0.39 is 0 Å². The maximum Gasteiger partial charge on any atom is 0.146 e. The van der Waals surface area contributed by atoms with Gasteiger partial charge < -0.3 is 4.42 Å². The van der Waals surface area contributed by atoms with Crippen molar-refractivity contribution in [2.24, 2.45) is 0 Å². The van der Waals surface area contributed by atoms with Crippen molar-refractivity contribution in [3.05, 3.63) is 29.7 Å². The van der Waals surface area contributed by atoms with Gasteiger partial charge in [-0.15, -0.1) is 0 Å². The first-order valence-corrected chi connectivity index (χ1v) is 3.44. The normalized spacial score (nSPS) is 12.1. The van der Waals surface area contributed by atoms with Gasteiger partial charge in [0.15, 0.2) is 0 Å². The van der Waals surface area contributed by atoms with Crippen LogP contribution >= 0.6 is 11.6 Å². The van der Waals surface area contributed by atoms with E-state index in [1.165, 1.54) is 6.26 Å². The van der Waals surface area contributed by atoms with E-state index in [1.807, 2.05) is 6.07 Å². The molecule has 1 aromatic heterocycles. The van der Waals surface area contributed by atoms with Gasteiger partial charge in [-0.1, -0.05) is 11.6 Å². The molecule has 0 amide bonds. The molecular formula is C8H6ClNO. The summed E-state index contributed by atoms with van der Waals surface area (Å²) >= 11 is 5.76. The Kier molecular flexibility index (Phi) is 2.35. The van der Waals surface area contributed by atoms with Crippen molar-refractivity contribution in [3.63, 3.8) is 0 Å². The second-order valence-electron chi connectivity index (χ2n) is 2.03. The summed E-state index contributed by atoms with van der Waals surface area (Å²) in [5.74, 6) is 0.533. The van der Waals surface area contributed by atoms with Gasteiger partial charge in [0.1, 0.15) is 5.76 Å². The summed E-state index contributed by atoms with van der Waals surface area (Å²) in [6, 6.07) is 5.38. The van der Waals surface area contributed by atoms with Gasteiger partial charge in [-0.25, -0.2) is 0 Å². The van der Waals surface area contributed by atoms with Gasteiger partial charge in [0.05, 0.1) is 17.4 Å². The highest BCUT2D eigenvalue weighted by atomic mass is 35.5. The van der Waals surface area contributed by atoms with Crippen molar-refractivity contribution in [1.82, 2.24) is 0 Å². The van der Waals surface area contributed by atoms with Crippen LogP contribution in [-0.2, 0) is 0 Å². The van der Waals surface area contributed by atoms with Gasteiger partial charge in [0.25, 0.3) is 0 Å². The summed E-state index contributed by atoms with van der Waals surface area (Å²) in [6.45, 7) is 1.64. The topological polar surface area (TPSA) is 36.9 Å². The second kappa shape index (κ2) is 3.27. The molecule has 11 heavy (non-hydrogen) atoms. The monoisotopic (exact) mass is 167 g/mol. The molecule has 3 heteroatoms. The summed E-state index contributed by atoms with van der Waals surface area (Å²) in [5, 5.41) is 8.84. The van der Waals surface area contributed by atoms with E-state index in [1.54, 1.807) is 19.1 Å². The standard InChI is InChI=1S/C8H6ClNO/c1-6(5-10)8(9)7-3-2-4-11-7/h2-4H,1H3/b8-6-. The summed E-state index contributed by atoms with van der Waals surface area (Å²) in [6.07, 6.45) is 1.52. The van der Waals surface area contributed by atoms with E-state index >= 15 is 0 Å². The van der Waals surface area contributed by atoms with Crippen LogP contribution in [0.25, 0.3) is 5.03 Å². The zero-order valence-electron chi connectivity index (χ0n) is 5.97. The van der Waals surface area contributed by atoms with Crippen molar-refractivity contribution in [2.75, 3.05) is 0 Å². The molecule has 1 aromatic rings. The van der Waals surface area contributed by atoms with Crippen molar-refractivity contribution in [3.8, 4) is 6.07 Å². The summed E-state index contributed by atoms with van der Waals surface area (Å²) in [4.78, 5) is 0. The molecule has 1 rings (SSSR count). The third-order valence-electron chi connectivity index (χ3n) is 1.23. The van der Waals surface area contributed by atoms with Crippen molar-refractivity contribution in [1.29, 1.82) is 5.26 Å². The highest BCUT2D eigenvalue weighted by molar-refractivity contribution is 6.49. The van der Waals surface area contributed by atoms with Crippen molar-refractivity contribution < 1.29 is 4.42 Å². The molecule has 1 heterocycles. The number of allylic oxidation sites excluding steroid dienone is 1. The Bertz CT molecular complexity index is 305. The first-order chi connectivity index (χ1) is 5.25. The van der Waals surface area contributed by atoms with E-state index in [2.05, 4.69) is 0 Å². The third kappa shape index (κ3) is 1.63. The largest absolute Gasteiger partial charge is 0.463 e. The fourth-order valence-electron chi connectivity index (χ4n) is 0.637. The van der Waals surface area contributed by atoms with E-state index in [0.717, 1.165) is 0 Å². The molecule has 0 unspecified atom stereocenters. The molecule has 0 N–H and O–H groups in total. The molecule has 0 radical (unpaired) electrons. The van der Waals surface area contributed by atoms with E-state index in [0.29, 0.717) is 16.4 Å². The Morgan fingerprint density at radius 2 is 2.45 bits per heavy atom.